The number of aromatic carboxylic acids is 1. The van der Waals surface area contributed by atoms with Gasteiger partial charge in [0.15, 0.2) is 17.1 Å². The van der Waals surface area contributed by atoms with Crippen LogP contribution in [0.4, 0.5) is 5.82 Å². The highest BCUT2D eigenvalue weighted by Gasteiger charge is 2.23. The number of hydrogen-bond acceptors (Lipinski definition) is 6. The van der Waals surface area contributed by atoms with Crippen molar-refractivity contribution in [2.24, 2.45) is 0 Å². The molecule has 0 bridgehead atoms. The Morgan fingerprint density at radius 3 is 2.69 bits per heavy atom. The van der Waals surface area contributed by atoms with E-state index in [9.17, 15) is 9.90 Å². The maximum atomic E-state index is 11.7. The third kappa shape index (κ3) is 4.00. The number of benzene rings is 1. The number of nitrogens with one attached hydrogen (secondary N) is 1. The van der Waals surface area contributed by atoms with E-state index in [1.54, 1.807) is 37.6 Å². The van der Waals surface area contributed by atoms with E-state index < -0.39 is 5.97 Å². The first-order valence-electron chi connectivity index (χ1n) is 8.20. The van der Waals surface area contributed by atoms with Crippen LogP contribution in [0.25, 0.3) is 11.3 Å². The van der Waals surface area contributed by atoms with Gasteiger partial charge in [-0.15, -0.1) is 0 Å². The van der Waals surface area contributed by atoms with Gasteiger partial charge >= 0.3 is 5.97 Å². The number of anilines is 1. The summed E-state index contributed by atoms with van der Waals surface area (Å²) in [6, 6.07) is 12.7. The molecule has 2 heterocycles. The van der Waals surface area contributed by atoms with Crippen molar-refractivity contribution in [2.45, 2.75) is 12.8 Å². The summed E-state index contributed by atoms with van der Waals surface area (Å²) in [7, 11) is 1.57. The molecule has 0 unspecified atom stereocenters. The predicted molar refractivity (Wildman–Crippen MR) is 96.5 cm³/mol. The molecule has 0 saturated carbocycles. The fraction of sp³-hybridized carbons (Fsp3) is 0.211. The van der Waals surface area contributed by atoms with Crippen molar-refractivity contribution < 1.29 is 19.2 Å². The molecule has 134 valence electrons. The predicted octanol–water partition coefficient (Wildman–Crippen LogP) is 3.49. The number of carboxylic acid groups (broad SMARTS) is 1. The minimum absolute atomic E-state index is 0.0213. The quantitative estimate of drug-likeness (QED) is 0.598. The van der Waals surface area contributed by atoms with Gasteiger partial charge in [0.25, 0.3) is 0 Å². The maximum absolute atomic E-state index is 11.7. The first-order valence-corrected chi connectivity index (χ1v) is 8.20. The number of aryl methyl sites for hydroxylation is 1. The highest BCUT2D eigenvalue weighted by atomic mass is 16.5. The van der Waals surface area contributed by atoms with Crippen molar-refractivity contribution in [2.75, 3.05) is 19.0 Å². The molecule has 7 heteroatoms. The normalized spacial score (nSPS) is 10.5. The highest BCUT2D eigenvalue weighted by Crippen LogP contribution is 2.30. The molecule has 2 aromatic heterocycles. The van der Waals surface area contributed by atoms with E-state index >= 15 is 0 Å². The van der Waals surface area contributed by atoms with Gasteiger partial charge in [-0.2, -0.15) is 0 Å². The number of pyridine rings is 1. The van der Waals surface area contributed by atoms with Crippen LogP contribution in [0.3, 0.4) is 0 Å². The van der Waals surface area contributed by atoms with Crippen molar-refractivity contribution in [1.29, 1.82) is 0 Å². The van der Waals surface area contributed by atoms with Crippen molar-refractivity contribution in [3.63, 3.8) is 0 Å². The van der Waals surface area contributed by atoms with Gasteiger partial charge in [-0.3, -0.25) is 4.98 Å². The molecule has 26 heavy (non-hydrogen) atoms. The molecule has 3 rings (SSSR count). The fourth-order valence-corrected chi connectivity index (χ4v) is 2.57. The lowest BCUT2D eigenvalue weighted by Crippen LogP contribution is -2.08. The van der Waals surface area contributed by atoms with E-state index in [0.29, 0.717) is 17.9 Å². The van der Waals surface area contributed by atoms with Crippen molar-refractivity contribution >= 4 is 11.8 Å². The molecule has 2 N–H and O–H groups in total. The van der Waals surface area contributed by atoms with Crippen LogP contribution in [-0.2, 0) is 6.42 Å². The standard InChI is InChI=1S/C19H19N3O4/c1-25-15-9-7-13(8-10-15)17-16(19(23)24)18(22-26-17)21-12-4-6-14-5-2-3-11-20-14/h2-3,5,7-11H,4,6,12H2,1H3,(H,21,22)(H,23,24). The van der Waals surface area contributed by atoms with Gasteiger partial charge < -0.3 is 19.7 Å². The average molecular weight is 353 g/mol. The fourth-order valence-electron chi connectivity index (χ4n) is 2.57. The number of rotatable bonds is 8. The summed E-state index contributed by atoms with van der Waals surface area (Å²) in [5, 5.41) is 16.5. The zero-order chi connectivity index (χ0) is 18.4. The van der Waals surface area contributed by atoms with Crippen LogP contribution >= 0.6 is 0 Å². The van der Waals surface area contributed by atoms with Gasteiger partial charge in [-0.1, -0.05) is 11.2 Å². The SMILES string of the molecule is COc1ccc(-c2onc(NCCCc3ccccn3)c2C(=O)O)cc1. The van der Waals surface area contributed by atoms with Gasteiger partial charge in [0, 0.05) is 24.0 Å². The second-order valence-corrected chi connectivity index (χ2v) is 5.62. The van der Waals surface area contributed by atoms with Crippen molar-refractivity contribution in [3.05, 3.63) is 59.9 Å². The van der Waals surface area contributed by atoms with E-state index in [1.807, 2.05) is 18.2 Å². The molecular weight excluding hydrogens is 334 g/mol. The number of aromatic nitrogens is 2. The monoisotopic (exact) mass is 353 g/mol. The molecule has 0 radical (unpaired) electrons. The summed E-state index contributed by atoms with van der Waals surface area (Å²) in [4.78, 5) is 15.9. The average Bonchev–Trinajstić information content (AvgIpc) is 3.10. The third-order valence-corrected chi connectivity index (χ3v) is 3.89. The van der Waals surface area contributed by atoms with Crippen LogP contribution in [0, 0.1) is 0 Å². The largest absolute Gasteiger partial charge is 0.497 e. The lowest BCUT2D eigenvalue weighted by Gasteiger charge is -2.04. The molecule has 0 saturated heterocycles. The number of carbonyl (C=O) groups is 1. The Balaban J connectivity index is 1.69. The Labute approximate surface area is 150 Å². The summed E-state index contributed by atoms with van der Waals surface area (Å²) in [5.74, 6) is 0.0269. The zero-order valence-electron chi connectivity index (χ0n) is 14.3. The number of nitrogens with zero attached hydrogens (tertiary/aromatic N) is 2. The number of carboxylic acids is 1. The Bertz CT molecular complexity index is 860. The van der Waals surface area contributed by atoms with E-state index in [1.165, 1.54) is 0 Å². The first kappa shape index (κ1) is 17.5. The van der Waals surface area contributed by atoms with Crippen LogP contribution in [0.5, 0.6) is 5.75 Å². The number of methoxy groups -OCH3 is 1. The van der Waals surface area contributed by atoms with Crippen LogP contribution in [0.15, 0.2) is 53.2 Å². The molecule has 0 spiro atoms. The van der Waals surface area contributed by atoms with Gasteiger partial charge in [-0.25, -0.2) is 4.79 Å². The molecule has 0 aliphatic heterocycles. The van der Waals surface area contributed by atoms with Crippen LogP contribution in [-0.4, -0.2) is 34.9 Å². The summed E-state index contributed by atoms with van der Waals surface area (Å²) in [6.45, 7) is 0.561. The smallest absolute Gasteiger partial charge is 0.343 e. The maximum Gasteiger partial charge on any atom is 0.343 e. The Hall–Kier alpha value is -3.35. The van der Waals surface area contributed by atoms with E-state index in [2.05, 4.69) is 15.5 Å². The number of hydrogen-bond donors (Lipinski definition) is 2. The summed E-state index contributed by atoms with van der Waals surface area (Å²) < 4.78 is 10.4. The molecule has 1 aromatic carbocycles. The van der Waals surface area contributed by atoms with Gasteiger partial charge in [0.05, 0.1) is 7.11 Å². The molecule has 0 aliphatic carbocycles. The Kier molecular flexibility index (Phi) is 5.48. The topological polar surface area (TPSA) is 97.5 Å². The molecule has 0 fully saturated rings. The summed E-state index contributed by atoms with van der Waals surface area (Å²) in [6.07, 6.45) is 3.34. The van der Waals surface area contributed by atoms with E-state index in [-0.39, 0.29) is 17.1 Å². The molecule has 7 nitrogen and oxygen atoms in total. The summed E-state index contributed by atoms with van der Waals surface area (Å²) >= 11 is 0. The minimum Gasteiger partial charge on any atom is -0.497 e. The molecule has 0 amide bonds. The first-order chi connectivity index (χ1) is 12.7. The highest BCUT2D eigenvalue weighted by molar-refractivity contribution is 5.99. The summed E-state index contributed by atoms with van der Waals surface area (Å²) in [5.41, 5.74) is 1.64. The van der Waals surface area contributed by atoms with Gasteiger partial charge in [-0.05, 0) is 49.2 Å². The molecule has 0 atom stereocenters. The van der Waals surface area contributed by atoms with Gasteiger partial charge in [0.2, 0.25) is 0 Å². The second kappa shape index (κ2) is 8.15. The second-order valence-electron chi connectivity index (χ2n) is 5.62. The molecular formula is C19H19N3O4. The van der Waals surface area contributed by atoms with E-state index in [0.717, 1.165) is 18.5 Å². The molecule has 3 aromatic rings. The lowest BCUT2D eigenvalue weighted by atomic mass is 10.1. The lowest BCUT2D eigenvalue weighted by molar-refractivity contribution is 0.0698. The van der Waals surface area contributed by atoms with Gasteiger partial charge in [0.1, 0.15) is 5.75 Å². The Morgan fingerprint density at radius 2 is 2.04 bits per heavy atom. The zero-order valence-corrected chi connectivity index (χ0v) is 14.3. The van der Waals surface area contributed by atoms with Crippen LogP contribution < -0.4 is 10.1 Å². The van der Waals surface area contributed by atoms with Crippen LogP contribution in [0.2, 0.25) is 0 Å². The van der Waals surface area contributed by atoms with Crippen LogP contribution in [0.1, 0.15) is 22.5 Å². The molecule has 0 aliphatic rings. The minimum atomic E-state index is -1.09. The van der Waals surface area contributed by atoms with E-state index in [4.69, 9.17) is 9.26 Å². The Morgan fingerprint density at radius 1 is 1.23 bits per heavy atom. The third-order valence-electron chi connectivity index (χ3n) is 3.89. The van der Waals surface area contributed by atoms with Crippen molar-refractivity contribution in [3.8, 4) is 17.1 Å². The number of ether oxygens (including phenoxy) is 1. The van der Waals surface area contributed by atoms with Crippen molar-refractivity contribution in [1.82, 2.24) is 10.1 Å².